The standard InChI is InChI=1S/C22H16BrN3O4S2/c23-19-5-2-1-4-18(19)20-12-11-17(30-20)14-24-25-22(27)15-7-9-16(10-8-15)26-32(28,29)21-6-3-13-31-21/h1-14,26H,(H,25,27)/b24-14+. The summed E-state index contributed by atoms with van der Waals surface area (Å²) in [6.07, 6.45) is 1.40. The molecule has 2 aromatic heterocycles. The van der Waals surface area contributed by atoms with E-state index in [-0.39, 0.29) is 4.21 Å². The van der Waals surface area contributed by atoms with Crippen LogP contribution in [0.4, 0.5) is 5.69 Å². The van der Waals surface area contributed by atoms with Gasteiger partial charge < -0.3 is 4.42 Å². The molecule has 2 N–H and O–H groups in total. The first kappa shape index (κ1) is 22.0. The van der Waals surface area contributed by atoms with Crippen molar-refractivity contribution in [3.05, 3.63) is 94.0 Å². The molecule has 0 saturated heterocycles. The number of benzene rings is 2. The van der Waals surface area contributed by atoms with Crippen molar-refractivity contribution in [1.29, 1.82) is 0 Å². The van der Waals surface area contributed by atoms with Crippen molar-refractivity contribution >= 4 is 55.1 Å². The molecule has 7 nitrogen and oxygen atoms in total. The minimum atomic E-state index is -3.64. The van der Waals surface area contributed by atoms with Crippen LogP contribution in [0.15, 0.2) is 96.4 Å². The summed E-state index contributed by atoms with van der Waals surface area (Å²) < 4.78 is 33.9. The molecule has 2 heterocycles. The fourth-order valence-electron chi connectivity index (χ4n) is 2.76. The zero-order valence-corrected chi connectivity index (χ0v) is 19.6. The number of furan rings is 1. The summed E-state index contributed by atoms with van der Waals surface area (Å²) in [6.45, 7) is 0. The maximum absolute atomic E-state index is 12.3. The van der Waals surface area contributed by atoms with Gasteiger partial charge in [-0.05, 0) is 53.9 Å². The van der Waals surface area contributed by atoms with E-state index in [9.17, 15) is 13.2 Å². The van der Waals surface area contributed by atoms with Crippen LogP contribution in [-0.4, -0.2) is 20.5 Å². The minimum absolute atomic E-state index is 0.217. The van der Waals surface area contributed by atoms with Crippen LogP contribution in [0.25, 0.3) is 11.3 Å². The number of halogens is 1. The molecule has 0 unspecified atom stereocenters. The lowest BCUT2D eigenvalue weighted by atomic mass is 10.2. The lowest BCUT2D eigenvalue weighted by molar-refractivity contribution is 0.0955. The topological polar surface area (TPSA) is 101 Å². The number of hydrogen-bond donors (Lipinski definition) is 2. The quantitative estimate of drug-likeness (QED) is 0.249. The number of thiophene rings is 1. The SMILES string of the molecule is O=C(N/N=C/c1ccc(-c2ccccc2Br)o1)c1ccc(NS(=O)(=O)c2cccs2)cc1. The molecule has 0 aliphatic rings. The molecule has 0 spiro atoms. The molecule has 162 valence electrons. The van der Waals surface area contributed by atoms with Gasteiger partial charge in [-0.2, -0.15) is 5.10 Å². The number of rotatable bonds is 7. The van der Waals surface area contributed by atoms with Gasteiger partial charge in [-0.25, -0.2) is 13.8 Å². The Labute approximate surface area is 197 Å². The van der Waals surface area contributed by atoms with E-state index in [0.717, 1.165) is 21.4 Å². The van der Waals surface area contributed by atoms with Crippen LogP contribution >= 0.6 is 27.3 Å². The molecule has 0 atom stereocenters. The Hall–Kier alpha value is -3.21. The Morgan fingerprint density at radius 2 is 1.78 bits per heavy atom. The van der Waals surface area contributed by atoms with Gasteiger partial charge in [0.25, 0.3) is 15.9 Å². The zero-order chi connectivity index (χ0) is 22.6. The number of hydrazone groups is 1. The molecule has 2 aromatic carbocycles. The minimum Gasteiger partial charge on any atom is -0.455 e. The molecule has 0 aliphatic carbocycles. The fourth-order valence-corrected chi connectivity index (χ4v) is 5.29. The highest BCUT2D eigenvalue weighted by atomic mass is 79.9. The largest absolute Gasteiger partial charge is 0.455 e. The van der Waals surface area contributed by atoms with Gasteiger partial charge in [-0.3, -0.25) is 9.52 Å². The van der Waals surface area contributed by atoms with Crippen molar-refractivity contribution in [2.45, 2.75) is 4.21 Å². The normalized spacial score (nSPS) is 11.5. The van der Waals surface area contributed by atoms with Gasteiger partial charge in [-0.15, -0.1) is 11.3 Å². The third-order valence-corrected chi connectivity index (χ3v) is 7.75. The summed E-state index contributed by atoms with van der Waals surface area (Å²) in [5.74, 6) is 0.715. The number of nitrogens with one attached hydrogen (secondary N) is 2. The summed E-state index contributed by atoms with van der Waals surface area (Å²) in [7, 11) is -3.64. The first-order chi connectivity index (χ1) is 15.4. The molecular formula is C22H16BrN3O4S2. The molecule has 4 aromatic rings. The van der Waals surface area contributed by atoms with Crippen molar-refractivity contribution in [3.8, 4) is 11.3 Å². The van der Waals surface area contributed by atoms with E-state index >= 15 is 0 Å². The Morgan fingerprint density at radius 3 is 2.50 bits per heavy atom. The summed E-state index contributed by atoms with van der Waals surface area (Å²) in [5.41, 5.74) is 4.01. The van der Waals surface area contributed by atoms with Crippen LogP contribution in [0.5, 0.6) is 0 Å². The molecule has 10 heteroatoms. The van der Waals surface area contributed by atoms with Crippen LogP contribution in [0, 0.1) is 0 Å². The van der Waals surface area contributed by atoms with Gasteiger partial charge in [0.2, 0.25) is 0 Å². The highest BCUT2D eigenvalue weighted by Crippen LogP contribution is 2.29. The maximum atomic E-state index is 12.3. The summed E-state index contributed by atoms with van der Waals surface area (Å²) in [4.78, 5) is 12.3. The average Bonchev–Trinajstić information content (AvgIpc) is 3.47. The maximum Gasteiger partial charge on any atom is 0.271 e. The molecule has 0 aliphatic heterocycles. The lowest BCUT2D eigenvalue weighted by Gasteiger charge is -2.07. The van der Waals surface area contributed by atoms with Gasteiger partial charge in [0.05, 0.1) is 6.21 Å². The van der Waals surface area contributed by atoms with E-state index in [1.807, 2.05) is 30.3 Å². The Balaban J connectivity index is 1.36. The van der Waals surface area contributed by atoms with E-state index in [2.05, 4.69) is 31.2 Å². The second-order valence-electron chi connectivity index (χ2n) is 6.50. The van der Waals surface area contributed by atoms with Gasteiger partial charge in [0.1, 0.15) is 15.7 Å². The smallest absolute Gasteiger partial charge is 0.271 e. The predicted octanol–water partition coefficient (Wildman–Crippen LogP) is 5.34. The number of hydrogen-bond acceptors (Lipinski definition) is 6. The summed E-state index contributed by atoms with van der Waals surface area (Å²) in [6, 6.07) is 20.5. The van der Waals surface area contributed by atoms with Gasteiger partial charge in [-0.1, -0.05) is 40.2 Å². The number of carbonyl (C=O) groups is 1. The van der Waals surface area contributed by atoms with E-state index in [0.29, 0.717) is 22.8 Å². The second-order valence-corrected chi connectivity index (χ2v) is 10.2. The van der Waals surface area contributed by atoms with Crippen LogP contribution in [0.2, 0.25) is 0 Å². The van der Waals surface area contributed by atoms with E-state index in [4.69, 9.17) is 4.42 Å². The van der Waals surface area contributed by atoms with Crippen molar-refractivity contribution in [1.82, 2.24) is 5.43 Å². The highest BCUT2D eigenvalue weighted by Gasteiger charge is 2.15. The van der Waals surface area contributed by atoms with Crippen LogP contribution in [-0.2, 0) is 10.0 Å². The Morgan fingerprint density at radius 1 is 1.00 bits per heavy atom. The lowest BCUT2D eigenvalue weighted by Crippen LogP contribution is -2.17. The fraction of sp³-hybridized carbons (Fsp3) is 0. The first-order valence-electron chi connectivity index (χ1n) is 9.27. The molecule has 0 bridgehead atoms. The van der Waals surface area contributed by atoms with Crippen LogP contribution in [0.1, 0.15) is 16.1 Å². The zero-order valence-electron chi connectivity index (χ0n) is 16.4. The van der Waals surface area contributed by atoms with Gasteiger partial charge >= 0.3 is 0 Å². The average molecular weight is 530 g/mol. The van der Waals surface area contributed by atoms with Gasteiger partial charge in [0.15, 0.2) is 0 Å². The number of amides is 1. The molecule has 1 amide bonds. The van der Waals surface area contributed by atoms with Crippen molar-refractivity contribution in [2.24, 2.45) is 5.10 Å². The Kier molecular flexibility index (Phi) is 6.54. The molecule has 32 heavy (non-hydrogen) atoms. The number of sulfonamides is 1. The number of anilines is 1. The summed E-state index contributed by atoms with van der Waals surface area (Å²) in [5, 5.41) is 5.61. The van der Waals surface area contributed by atoms with Crippen LogP contribution in [0.3, 0.4) is 0 Å². The van der Waals surface area contributed by atoms with Crippen molar-refractivity contribution < 1.29 is 17.6 Å². The number of carbonyl (C=O) groups excluding carboxylic acids is 1. The molecular weight excluding hydrogens is 514 g/mol. The van der Waals surface area contributed by atoms with Crippen molar-refractivity contribution in [3.63, 3.8) is 0 Å². The predicted molar refractivity (Wildman–Crippen MR) is 128 cm³/mol. The van der Waals surface area contributed by atoms with E-state index in [1.165, 1.54) is 36.5 Å². The molecule has 0 fully saturated rings. The van der Waals surface area contributed by atoms with E-state index in [1.54, 1.807) is 17.5 Å². The van der Waals surface area contributed by atoms with Gasteiger partial charge in [0, 0.05) is 21.3 Å². The first-order valence-corrected chi connectivity index (χ1v) is 12.4. The Bertz CT molecular complexity index is 1360. The monoisotopic (exact) mass is 529 g/mol. The highest BCUT2D eigenvalue weighted by molar-refractivity contribution is 9.10. The summed E-state index contributed by atoms with van der Waals surface area (Å²) >= 11 is 4.61. The second kappa shape index (κ2) is 9.51. The number of nitrogens with zero attached hydrogens (tertiary/aromatic N) is 1. The third kappa shape index (κ3) is 5.16. The molecule has 0 radical (unpaired) electrons. The molecule has 4 rings (SSSR count). The van der Waals surface area contributed by atoms with E-state index < -0.39 is 15.9 Å². The third-order valence-electron chi connectivity index (χ3n) is 4.28. The van der Waals surface area contributed by atoms with Crippen LogP contribution < -0.4 is 10.1 Å². The molecule has 0 saturated carbocycles. The van der Waals surface area contributed by atoms with Crippen molar-refractivity contribution in [2.75, 3.05) is 4.72 Å².